The SMILES string of the molecule is COCCNC(=O)c1cnc(Nc2ccc(F)c(Cl)c2)nc1. The number of benzene rings is 1. The number of anilines is 2. The molecule has 0 radical (unpaired) electrons. The molecule has 22 heavy (non-hydrogen) atoms. The predicted molar refractivity (Wildman–Crippen MR) is 80.9 cm³/mol. The summed E-state index contributed by atoms with van der Waals surface area (Å²) in [6.07, 6.45) is 2.78. The van der Waals surface area contributed by atoms with Gasteiger partial charge >= 0.3 is 0 Å². The first-order valence-electron chi connectivity index (χ1n) is 6.41. The van der Waals surface area contributed by atoms with Crippen molar-refractivity contribution in [3.63, 3.8) is 0 Å². The smallest absolute Gasteiger partial charge is 0.254 e. The fourth-order valence-corrected chi connectivity index (χ4v) is 1.76. The van der Waals surface area contributed by atoms with Gasteiger partial charge in [-0.05, 0) is 18.2 Å². The number of ether oxygens (including phenoxy) is 1. The van der Waals surface area contributed by atoms with Crippen molar-refractivity contribution >= 4 is 29.1 Å². The molecular formula is C14H14ClFN4O2. The van der Waals surface area contributed by atoms with Gasteiger partial charge in [0.05, 0.1) is 17.2 Å². The summed E-state index contributed by atoms with van der Waals surface area (Å²) in [7, 11) is 1.55. The summed E-state index contributed by atoms with van der Waals surface area (Å²) in [4.78, 5) is 19.8. The summed E-state index contributed by atoms with van der Waals surface area (Å²) < 4.78 is 17.9. The third-order valence-electron chi connectivity index (χ3n) is 2.68. The van der Waals surface area contributed by atoms with E-state index in [0.29, 0.717) is 24.4 Å². The van der Waals surface area contributed by atoms with Gasteiger partial charge in [0.15, 0.2) is 0 Å². The molecule has 0 saturated carbocycles. The zero-order valence-corrected chi connectivity index (χ0v) is 12.5. The van der Waals surface area contributed by atoms with Crippen LogP contribution in [0.1, 0.15) is 10.4 Å². The Labute approximate surface area is 131 Å². The molecule has 6 nitrogen and oxygen atoms in total. The maximum atomic E-state index is 13.1. The summed E-state index contributed by atoms with van der Waals surface area (Å²) in [5, 5.41) is 5.52. The van der Waals surface area contributed by atoms with E-state index in [9.17, 15) is 9.18 Å². The van der Waals surface area contributed by atoms with E-state index in [-0.39, 0.29) is 16.9 Å². The second-order valence-corrected chi connectivity index (χ2v) is 4.71. The van der Waals surface area contributed by atoms with Crippen molar-refractivity contribution in [2.75, 3.05) is 25.6 Å². The minimum atomic E-state index is -0.504. The van der Waals surface area contributed by atoms with Crippen molar-refractivity contribution in [3.05, 3.63) is 47.0 Å². The van der Waals surface area contributed by atoms with Gasteiger partial charge in [0.2, 0.25) is 5.95 Å². The van der Waals surface area contributed by atoms with Crippen molar-refractivity contribution in [1.29, 1.82) is 0 Å². The maximum absolute atomic E-state index is 13.1. The van der Waals surface area contributed by atoms with Gasteiger partial charge in [0.25, 0.3) is 5.91 Å². The number of methoxy groups -OCH3 is 1. The highest BCUT2D eigenvalue weighted by Crippen LogP contribution is 2.21. The van der Waals surface area contributed by atoms with Crippen LogP contribution < -0.4 is 10.6 Å². The summed E-state index contributed by atoms with van der Waals surface area (Å²) >= 11 is 5.69. The number of carbonyl (C=O) groups excluding carboxylic acids is 1. The van der Waals surface area contributed by atoms with Crippen LogP contribution in [-0.4, -0.2) is 36.1 Å². The van der Waals surface area contributed by atoms with Gasteiger partial charge < -0.3 is 15.4 Å². The van der Waals surface area contributed by atoms with Crippen LogP contribution in [0.2, 0.25) is 5.02 Å². The van der Waals surface area contributed by atoms with Gasteiger partial charge in [-0.25, -0.2) is 14.4 Å². The molecule has 0 spiro atoms. The van der Waals surface area contributed by atoms with E-state index in [0.717, 1.165) is 0 Å². The van der Waals surface area contributed by atoms with Crippen molar-refractivity contribution < 1.29 is 13.9 Å². The number of nitrogens with one attached hydrogen (secondary N) is 2. The molecule has 0 unspecified atom stereocenters. The second kappa shape index (κ2) is 7.67. The zero-order chi connectivity index (χ0) is 15.9. The number of carbonyl (C=O) groups is 1. The van der Waals surface area contributed by atoms with E-state index >= 15 is 0 Å². The van der Waals surface area contributed by atoms with E-state index in [1.165, 1.54) is 30.6 Å². The molecule has 0 aliphatic heterocycles. The van der Waals surface area contributed by atoms with Crippen LogP contribution in [0, 0.1) is 5.82 Å². The number of hydrogen-bond acceptors (Lipinski definition) is 5. The molecule has 0 bridgehead atoms. The van der Waals surface area contributed by atoms with Crippen LogP contribution in [0.5, 0.6) is 0 Å². The predicted octanol–water partition coefficient (Wildman–Crippen LogP) is 2.39. The zero-order valence-electron chi connectivity index (χ0n) is 11.8. The van der Waals surface area contributed by atoms with Gasteiger partial charge in [-0.15, -0.1) is 0 Å². The molecule has 0 fully saturated rings. The Morgan fingerprint density at radius 1 is 1.36 bits per heavy atom. The minimum Gasteiger partial charge on any atom is -0.383 e. The first-order chi connectivity index (χ1) is 10.6. The highest BCUT2D eigenvalue weighted by Gasteiger charge is 2.07. The van der Waals surface area contributed by atoms with E-state index in [1.54, 1.807) is 7.11 Å². The van der Waals surface area contributed by atoms with Gasteiger partial charge in [0.1, 0.15) is 5.82 Å². The molecule has 1 heterocycles. The molecule has 1 amide bonds. The highest BCUT2D eigenvalue weighted by atomic mass is 35.5. The maximum Gasteiger partial charge on any atom is 0.254 e. The molecule has 1 aromatic heterocycles. The molecular weight excluding hydrogens is 311 g/mol. The Balaban J connectivity index is 1.99. The van der Waals surface area contributed by atoms with E-state index in [4.69, 9.17) is 16.3 Å². The summed E-state index contributed by atoms with van der Waals surface area (Å²) in [6.45, 7) is 0.834. The lowest BCUT2D eigenvalue weighted by Crippen LogP contribution is -2.27. The molecule has 2 aromatic rings. The molecule has 1 aromatic carbocycles. The number of aromatic nitrogens is 2. The van der Waals surface area contributed by atoms with Crippen molar-refractivity contribution in [2.45, 2.75) is 0 Å². The summed E-state index contributed by atoms with van der Waals surface area (Å²) in [5.74, 6) is -0.513. The lowest BCUT2D eigenvalue weighted by atomic mass is 10.3. The Morgan fingerprint density at radius 3 is 2.73 bits per heavy atom. The first-order valence-corrected chi connectivity index (χ1v) is 6.79. The van der Waals surface area contributed by atoms with Crippen LogP contribution in [0.4, 0.5) is 16.0 Å². The monoisotopic (exact) mass is 324 g/mol. The normalized spacial score (nSPS) is 10.3. The number of hydrogen-bond donors (Lipinski definition) is 2. The van der Waals surface area contributed by atoms with Crippen LogP contribution >= 0.6 is 11.6 Å². The highest BCUT2D eigenvalue weighted by molar-refractivity contribution is 6.31. The molecule has 0 atom stereocenters. The standard InChI is InChI=1S/C14H14ClFN4O2/c1-22-5-4-17-13(21)9-7-18-14(19-8-9)20-10-2-3-12(16)11(15)6-10/h2-3,6-8H,4-5H2,1H3,(H,17,21)(H,18,19,20). The Hall–Kier alpha value is -2.25. The lowest BCUT2D eigenvalue weighted by Gasteiger charge is -2.07. The molecule has 0 aliphatic carbocycles. The van der Waals surface area contributed by atoms with Crippen molar-refractivity contribution in [1.82, 2.24) is 15.3 Å². The molecule has 0 aliphatic rings. The van der Waals surface area contributed by atoms with Crippen molar-refractivity contribution in [3.8, 4) is 0 Å². The average Bonchev–Trinajstić information content (AvgIpc) is 2.52. The Bertz CT molecular complexity index is 652. The molecule has 2 rings (SSSR count). The largest absolute Gasteiger partial charge is 0.383 e. The number of nitrogens with zero attached hydrogens (tertiary/aromatic N) is 2. The fraction of sp³-hybridized carbons (Fsp3) is 0.214. The molecule has 2 N–H and O–H groups in total. The van der Waals surface area contributed by atoms with Crippen LogP contribution in [0.15, 0.2) is 30.6 Å². The van der Waals surface area contributed by atoms with E-state index in [1.807, 2.05) is 0 Å². The minimum absolute atomic E-state index is 0.000795. The van der Waals surface area contributed by atoms with Crippen LogP contribution in [0.3, 0.4) is 0 Å². The molecule has 116 valence electrons. The Kier molecular flexibility index (Phi) is 5.62. The van der Waals surface area contributed by atoms with E-state index in [2.05, 4.69) is 20.6 Å². The quantitative estimate of drug-likeness (QED) is 0.798. The number of rotatable bonds is 6. The number of halogens is 2. The third kappa shape index (κ3) is 4.37. The summed E-state index contributed by atoms with van der Waals surface area (Å²) in [6, 6.07) is 4.17. The first kappa shape index (κ1) is 16.1. The van der Waals surface area contributed by atoms with Gasteiger partial charge in [-0.1, -0.05) is 11.6 Å². The van der Waals surface area contributed by atoms with Crippen molar-refractivity contribution in [2.24, 2.45) is 0 Å². The molecule has 8 heteroatoms. The van der Waals surface area contributed by atoms with Gasteiger partial charge in [-0.3, -0.25) is 4.79 Å². The average molecular weight is 325 g/mol. The lowest BCUT2D eigenvalue weighted by molar-refractivity contribution is 0.0936. The summed E-state index contributed by atoms with van der Waals surface area (Å²) in [5.41, 5.74) is 0.877. The Morgan fingerprint density at radius 2 is 2.09 bits per heavy atom. The van der Waals surface area contributed by atoms with Gasteiger partial charge in [0, 0.05) is 31.7 Å². The third-order valence-corrected chi connectivity index (χ3v) is 2.97. The van der Waals surface area contributed by atoms with Gasteiger partial charge in [-0.2, -0.15) is 0 Å². The van der Waals surface area contributed by atoms with E-state index < -0.39 is 5.82 Å². The second-order valence-electron chi connectivity index (χ2n) is 4.30. The fourth-order valence-electron chi connectivity index (χ4n) is 1.58. The topological polar surface area (TPSA) is 76.1 Å². The number of amides is 1. The molecule has 0 saturated heterocycles. The van der Waals surface area contributed by atoms with Crippen LogP contribution in [0.25, 0.3) is 0 Å². The van der Waals surface area contributed by atoms with Crippen LogP contribution in [-0.2, 0) is 4.74 Å².